The van der Waals surface area contributed by atoms with Crippen LogP contribution in [-0.2, 0) is 13.1 Å². The molecule has 0 radical (unpaired) electrons. The van der Waals surface area contributed by atoms with Crippen LogP contribution in [0.4, 0.5) is 0 Å². The fraction of sp³-hybridized carbons (Fsp3) is 0.0909. The highest BCUT2D eigenvalue weighted by Crippen LogP contribution is 2.27. The number of benzene rings is 2. The topological polar surface area (TPSA) is 60.6 Å². The number of rotatable bonds is 4. The van der Waals surface area contributed by atoms with Gasteiger partial charge in [0.15, 0.2) is 0 Å². The minimum Gasteiger partial charge on any atom is -0.366 e. The van der Waals surface area contributed by atoms with Crippen LogP contribution >= 0.6 is 11.6 Å². The van der Waals surface area contributed by atoms with Gasteiger partial charge in [0, 0.05) is 23.0 Å². The predicted molar refractivity (Wildman–Crippen MR) is 111 cm³/mol. The van der Waals surface area contributed by atoms with Crippen molar-refractivity contribution >= 4 is 17.7 Å². The molecule has 5 rings (SSSR count). The highest BCUT2D eigenvalue weighted by atomic mass is 35.5. The molecule has 0 atom stereocenters. The van der Waals surface area contributed by atoms with Gasteiger partial charge in [-0.1, -0.05) is 48.0 Å². The molecule has 2 aromatic heterocycles. The van der Waals surface area contributed by atoms with E-state index in [0.29, 0.717) is 0 Å². The van der Waals surface area contributed by atoms with E-state index in [-0.39, 0.29) is 0 Å². The van der Waals surface area contributed by atoms with E-state index < -0.39 is 0 Å². The van der Waals surface area contributed by atoms with Crippen LogP contribution in [0.1, 0.15) is 17.1 Å². The molecule has 0 saturated heterocycles. The Kier molecular flexibility index (Phi) is 4.22. The summed E-state index contributed by atoms with van der Waals surface area (Å²) in [5.41, 5.74) is 6.51. The lowest BCUT2D eigenvalue weighted by atomic mass is 10.0. The van der Waals surface area contributed by atoms with Gasteiger partial charge >= 0.3 is 0 Å². The van der Waals surface area contributed by atoms with Crippen LogP contribution in [0.5, 0.6) is 0 Å². The highest BCUT2D eigenvalue weighted by Gasteiger charge is 2.16. The highest BCUT2D eigenvalue weighted by molar-refractivity contribution is 6.30. The molecule has 2 aromatic carbocycles. The van der Waals surface area contributed by atoms with Gasteiger partial charge in [0.2, 0.25) is 0 Å². The molecule has 28 heavy (non-hydrogen) atoms. The first kappa shape index (κ1) is 16.8. The number of nitrogens with one attached hydrogen (secondary N) is 2. The molecule has 4 aromatic rings. The van der Waals surface area contributed by atoms with Crippen LogP contribution in [0, 0.1) is 0 Å². The molecule has 2 N–H and O–H groups in total. The molecule has 0 bridgehead atoms. The summed E-state index contributed by atoms with van der Waals surface area (Å²) in [5.74, 6) is 0.885. The van der Waals surface area contributed by atoms with Crippen molar-refractivity contribution < 1.29 is 0 Å². The van der Waals surface area contributed by atoms with E-state index in [2.05, 4.69) is 62.7 Å². The Labute approximate surface area is 167 Å². The summed E-state index contributed by atoms with van der Waals surface area (Å²) in [4.78, 5) is 10.5. The van der Waals surface area contributed by atoms with Crippen molar-refractivity contribution in [3.63, 3.8) is 0 Å². The van der Waals surface area contributed by atoms with E-state index in [4.69, 9.17) is 16.6 Å². The minimum atomic E-state index is 0.742. The van der Waals surface area contributed by atoms with Gasteiger partial charge in [-0.3, -0.25) is 5.10 Å². The SMILES string of the molecule is Clc1cccc(-c2ccc(-c3nc4c([nH]3)CN(Cc3ccn[nH]3)C=C4)cc2)c1. The summed E-state index contributed by atoms with van der Waals surface area (Å²) in [6.07, 6.45) is 5.90. The Morgan fingerprint density at radius 2 is 1.86 bits per heavy atom. The molecular weight excluding hydrogens is 370 g/mol. The van der Waals surface area contributed by atoms with Gasteiger partial charge in [0.1, 0.15) is 5.82 Å². The summed E-state index contributed by atoms with van der Waals surface area (Å²) in [5, 5.41) is 7.75. The quantitative estimate of drug-likeness (QED) is 0.511. The van der Waals surface area contributed by atoms with Crippen molar-refractivity contribution in [2.24, 2.45) is 0 Å². The van der Waals surface area contributed by atoms with Gasteiger partial charge in [0.05, 0.1) is 30.2 Å². The third-order valence-corrected chi connectivity index (χ3v) is 5.10. The zero-order valence-electron chi connectivity index (χ0n) is 15.1. The van der Waals surface area contributed by atoms with Crippen LogP contribution < -0.4 is 0 Å². The number of H-pyrrole nitrogens is 2. The summed E-state index contributed by atoms with van der Waals surface area (Å²) in [6.45, 7) is 1.58. The lowest BCUT2D eigenvalue weighted by Crippen LogP contribution is -2.19. The van der Waals surface area contributed by atoms with Gasteiger partial charge < -0.3 is 9.88 Å². The molecule has 0 saturated carbocycles. The van der Waals surface area contributed by atoms with E-state index in [1.165, 1.54) is 0 Å². The van der Waals surface area contributed by atoms with E-state index >= 15 is 0 Å². The van der Waals surface area contributed by atoms with E-state index in [9.17, 15) is 0 Å². The molecule has 0 aliphatic carbocycles. The molecule has 0 spiro atoms. The number of aromatic nitrogens is 4. The number of hydrogen-bond acceptors (Lipinski definition) is 3. The predicted octanol–water partition coefficient (Wildman–Crippen LogP) is 5.11. The first-order chi connectivity index (χ1) is 13.7. The second kappa shape index (κ2) is 7.02. The van der Waals surface area contributed by atoms with Crippen molar-refractivity contribution in [3.8, 4) is 22.5 Å². The third-order valence-electron chi connectivity index (χ3n) is 4.86. The van der Waals surface area contributed by atoms with Crippen LogP contribution in [0.25, 0.3) is 28.6 Å². The maximum atomic E-state index is 6.11. The van der Waals surface area contributed by atoms with Gasteiger partial charge in [-0.25, -0.2) is 4.98 Å². The lowest BCUT2D eigenvalue weighted by molar-refractivity contribution is 0.351. The van der Waals surface area contributed by atoms with Gasteiger partial charge in [-0.15, -0.1) is 0 Å². The van der Waals surface area contributed by atoms with E-state index in [1.54, 1.807) is 6.20 Å². The summed E-state index contributed by atoms with van der Waals surface area (Å²) < 4.78 is 0. The molecule has 0 amide bonds. The first-order valence-corrected chi connectivity index (χ1v) is 9.48. The summed E-state index contributed by atoms with van der Waals surface area (Å²) >= 11 is 6.11. The van der Waals surface area contributed by atoms with Crippen molar-refractivity contribution in [2.45, 2.75) is 13.1 Å². The minimum absolute atomic E-state index is 0.742. The Hall–Kier alpha value is -3.31. The Morgan fingerprint density at radius 3 is 2.64 bits per heavy atom. The fourth-order valence-corrected chi connectivity index (χ4v) is 3.63. The molecule has 3 heterocycles. The van der Waals surface area contributed by atoms with Crippen molar-refractivity contribution in [1.82, 2.24) is 25.1 Å². The third kappa shape index (κ3) is 3.32. The van der Waals surface area contributed by atoms with Gasteiger partial charge in [0.25, 0.3) is 0 Å². The zero-order valence-corrected chi connectivity index (χ0v) is 15.8. The smallest absolute Gasteiger partial charge is 0.138 e. The average molecular weight is 388 g/mol. The van der Waals surface area contributed by atoms with Crippen LogP contribution in [0.3, 0.4) is 0 Å². The molecule has 5 nitrogen and oxygen atoms in total. The number of hydrogen-bond donors (Lipinski definition) is 2. The normalized spacial score (nSPS) is 13.0. The largest absolute Gasteiger partial charge is 0.366 e. The standard InChI is InChI=1S/C22H18ClN5/c23-18-3-1-2-17(12-18)15-4-6-16(7-5-15)22-25-20-9-11-28(14-21(20)26-22)13-19-8-10-24-27-19/h1-12H,13-14H2,(H,24,27)(H,25,26). The number of halogens is 1. The molecule has 1 aliphatic rings. The van der Waals surface area contributed by atoms with Crippen molar-refractivity contribution in [3.05, 3.63) is 89.1 Å². The maximum Gasteiger partial charge on any atom is 0.138 e. The number of nitrogens with zero attached hydrogens (tertiary/aromatic N) is 3. The van der Waals surface area contributed by atoms with Crippen LogP contribution in [0.2, 0.25) is 5.02 Å². The van der Waals surface area contributed by atoms with E-state index in [0.717, 1.165) is 57.7 Å². The van der Waals surface area contributed by atoms with Crippen LogP contribution in [-0.4, -0.2) is 25.1 Å². The molecular formula is C22H18ClN5. The first-order valence-electron chi connectivity index (χ1n) is 9.10. The second-order valence-corrected chi connectivity index (χ2v) is 7.28. The van der Waals surface area contributed by atoms with Crippen LogP contribution in [0.15, 0.2) is 67.0 Å². The lowest BCUT2D eigenvalue weighted by Gasteiger charge is -2.21. The zero-order chi connectivity index (χ0) is 18.9. The number of imidazole rings is 1. The van der Waals surface area contributed by atoms with E-state index in [1.807, 2.05) is 24.3 Å². The summed E-state index contributed by atoms with van der Waals surface area (Å²) in [6, 6.07) is 18.3. The fourth-order valence-electron chi connectivity index (χ4n) is 3.44. The Bertz CT molecular complexity index is 1130. The second-order valence-electron chi connectivity index (χ2n) is 6.84. The molecule has 0 unspecified atom stereocenters. The van der Waals surface area contributed by atoms with Crippen molar-refractivity contribution in [1.29, 1.82) is 0 Å². The Morgan fingerprint density at radius 1 is 1.00 bits per heavy atom. The Balaban J connectivity index is 1.36. The molecule has 138 valence electrons. The number of fused-ring (bicyclic) bond motifs is 1. The van der Waals surface area contributed by atoms with Crippen molar-refractivity contribution in [2.75, 3.05) is 0 Å². The molecule has 0 fully saturated rings. The van der Waals surface area contributed by atoms with Gasteiger partial charge in [-0.2, -0.15) is 5.10 Å². The average Bonchev–Trinajstić information content (AvgIpc) is 3.37. The summed E-state index contributed by atoms with van der Waals surface area (Å²) in [7, 11) is 0. The molecule has 1 aliphatic heterocycles. The number of aromatic amines is 2. The molecule has 6 heteroatoms. The van der Waals surface area contributed by atoms with Gasteiger partial charge in [-0.05, 0) is 35.4 Å². The monoisotopic (exact) mass is 387 g/mol. The maximum absolute atomic E-state index is 6.11.